The van der Waals surface area contributed by atoms with Gasteiger partial charge in [-0.1, -0.05) is 41.4 Å². The van der Waals surface area contributed by atoms with Crippen molar-refractivity contribution in [2.45, 2.75) is 6.42 Å². The molecule has 23 heavy (non-hydrogen) atoms. The van der Waals surface area contributed by atoms with Gasteiger partial charge in [-0.15, -0.1) is 0 Å². The van der Waals surface area contributed by atoms with Crippen molar-refractivity contribution in [3.63, 3.8) is 0 Å². The Balaban J connectivity index is 2.41. The minimum Gasteiger partial charge on any atom is -0.497 e. The first-order valence-corrected chi connectivity index (χ1v) is 7.43. The van der Waals surface area contributed by atoms with E-state index in [2.05, 4.69) is 5.32 Å². The summed E-state index contributed by atoms with van der Waals surface area (Å²) < 4.78 is 5.21. The first-order valence-electron chi connectivity index (χ1n) is 6.67. The van der Waals surface area contributed by atoms with Crippen LogP contribution in [0.25, 0.3) is 11.1 Å². The standard InChI is InChI=1S/C16H15Cl2N3O2/c1-23-10-4-2-3-9(7-10)11-5-6-13(17)12(15(11)18)8-14(22)21-16(19)20/h2-7H,8H2,1H3,(H4,19,20,21,22). The normalized spacial score (nSPS) is 10.2. The lowest BCUT2D eigenvalue weighted by Gasteiger charge is -2.12. The zero-order valence-corrected chi connectivity index (χ0v) is 13.8. The largest absolute Gasteiger partial charge is 0.497 e. The van der Waals surface area contributed by atoms with E-state index in [0.29, 0.717) is 21.4 Å². The summed E-state index contributed by atoms with van der Waals surface area (Å²) in [5, 5.41) is 10.0. The SMILES string of the molecule is COc1cccc(-c2ccc(Cl)c(CC(=O)NC(=N)N)c2Cl)c1. The average Bonchev–Trinajstić information content (AvgIpc) is 2.51. The molecule has 0 atom stereocenters. The van der Waals surface area contributed by atoms with Crippen LogP contribution in [0.4, 0.5) is 0 Å². The Morgan fingerprint density at radius 1 is 1.30 bits per heavy atom. The van der Waals surface area contributed by atoms with Gasteiger partial charge < -0.3 is 10.5 Å². The molecule has 0 unspecified atom stereocenters. The molecule has 0 saturated carbocycles. The number of ether oxygens (including phenoxy) is 1. The lowest BCUT2D eigenvalue weighted by atomic mass is 10.0. The number of halogens is 2. The highest BCUT2D eigenvalue weighted by Crippen LogP contribution is 2.36. The maximum Gasteiger partial charge on any atom is 0.231 e. The summed E-state index contributed by atoms with van der Waals surface area (Å²) in [6, 6.07) is 10.9. The van der Waals surface area contributed by atoms with Crippen LogP contribution in [0.5, 0.6) is 5.75 Å². The second-order valence-corrected chi connectivity index (χ2v) is 5.54. The number of hydrogen-bond acceptors (Lipinski definition) is 3. The lowest BCUT2D eigenvalue weighted by molar-refractivity contribution is -0.119. The number of nitrogens with one attached hydrogen (secondary N) is 2. The van der Waals surface area contributed by atoms with Crippen molar-refractivity contribution in [2.24, 2.45) is 5.73 Å². The smallest absolute Gasteiger partial charge is 0.231 e. The van der Waals surface area contributed by atoms with Gasteiger partial charge in [0.25, 0.3) is 0 Å². The highest BCUT2D eigenvalue weighted by atomic mass is 35.5. The lowest BCUT2D eigenvalue weighted by Crippen LogP contribution is -2.36. The van der Waals surface area contributed by atoms with E-state index in [0.717, 1.165) is 11.1 Å². The van der Waals surface area contributed by atoms with Crippen LogP contribution in [-0.2, 0) is 11.2 Å². The zero-order chi connectivity index (χ0) is 17.0. The van der Waals surface area contributed by atoms with Gasteiger partial charge in [-0.05, 0) is 29.3 Å². The van der Waals surface area contributed by atoms with E-state index in [9.17, 15) is 4.79 Å². The molecule has 0 aliphatic carbocycles. The molecule has 2 aromatic carbocycles. The van der Waals surface area contributed by atoms with Gasteiger partial charge in [-0.2, -0.15) is 0 Å². The van der Waals surface area contributed by atoms with Gasteiger partial charge in [0.1, 0.15) is 5.75 Å². The minimum atomic E-state index is -0.455. The molecule has 0 bridgehead atoms. The highest BCUT2D eigenvalue weighted by Gasteiger charge is 2.16. The summed E-state index contributed by atoms with van der Waals surface area (Å²) in [7, 11) is 1.58. The van der Waals surface area contributed by atoms with Crippen LogP contribution in [0.15, 0.2) is 36.4 Å². The van der Waals surface area contributed by atoms with Crippen LogP contribution >= 0.6 is 23.2 Å². The third-order valence-electron chi connectivity index (χ3n) is 3.18. The van der Waals surface area contributed by atoms with Crippen LogP contribution in [0.3, 0.4) is 0 Å². The van der Waals surface area contributed by atoms with Crippen molar-refractivity contribution in [1.29, 1.82) is 5.41 Å². The van der Waals surface area contributed by atoms with Gasteiger partial charge in [0.15, 0.2) is 5.96 Å². The fourth-order valence-corrected chi connectivity index (χ4v) is 2.74. The molecule has 1 amide bonds. The molecule has 0 radical (unpaired) electrons. The maximum absolute atomic E-state index is 11.8. The summed E-state index contributed by atoms with van der Waals surface area (Å²) in [6.07, 6.45) is -0.0744. The van der Waals surface area contributed by atoms with Gasteiger partial charge >= 0.3 is 0 Å². The summed E-state index contributed by atoms with van der Waals surface area (Å²) in [5.41, 5.74) is 7.21. The Morgan fingerprint density at radius 3 is 2.70 bits per heavy atom. The summed E-state index contributed by atoms with van der Waals surface area (Å²) >= 11 is 12.6. The number of guanidine groups is 1. The molecule has 0 aromatic heterocycles. The fourth-order valence-electron chi connectivity index (χ4n) is 2.13. The van der Waals surface area contributed by atoms with Gasteiger partial charge in [0.05, 0.1) is 18.6 Å². The zero-order valence-electron chi connectivity index (χ0n) is 12.3. The predicted octanol–water partition coefficient (Wildman–Crippen LogP) is 3.22. The quantitative estimate of drug-likeness (QED) is 0.583. The van der Waals surface area contributed by atoms with E-state index in [1.54, 1.807) is 19.2 Å². The molecule has 0 fully saturated rings. The molecule has 0 spiro atoms. The number of benzene rings is 2. The van der Waals surface area contributed by atoms with Crippen molar-refractivity contribution in [3.8, 4) is 16.9 Å². The minimum absolute atomic E-state index is 0.0744. The fraction of sp³-hybridized carbons (Fsp3) is 0.125. The summed E-state index contributed by atoms with van der Waals surface area (Å²) in [5.74, 6) is -0.181. The van der Waals surface area contributed by atoms with E-state index in [1.807, 2.05) is 24.3 Å². The number of amides is 1. The maximum atomic E-state index is 11.8. The van der Waals surface area contributed by atoms with Crippen LogP contribution in [0, 0.1) is 5.41 Å². The Bertz CT molecular complexity index is 763. The molecule has 0 heterocycles. The second kappa shape index (κ2) is 7.35. The Hall–Kier alpha value is -2.24. The molecule has 0 saturated heterocycles. The molecular formula is C16H15Cl2N3O2. The van der Waals surface area contributed by atoms with Crippen molar-refractivity contribution in [3.05, 3.63) is 52.0 Å². The second-order valence-electron chi connectivity index (χ2n) is 4.76. The van der Waals surface area contributed by atoms with Crippen molar-refractivity contribution < 1.29 is 9.53 Å². The van der Waals surface area contributed by atoms with E-state index in [-0.39, 0.29) is 6.42 Å². The molecule has 120 valence electrons. The number of methoxy groups -OCH3 is 1. The number of hydrogen-bond donors (Lipinski definition) is 3. The Kier molecular flexibility index (Phi) is 5.47. The highest BCUT2D eigenvalue weighted by molar-refractivity contribution is 6.38. The molecule has 2 rings (SSSR count). The monoisotopic (exact) mass is 351 g/mol. The average molecular weight is 352 g/mol. The van der Waals surface area contributed by atoms with E-state index < -0.39 is 11.9 Å². The van der Waals surface area contributed by atoms with Crippen molar-refractivity contribution in [2.75, 3.05) is 7.11 Å². The number of carbonyl (C=O) groups is 1. The topological polar surface area (TPSA) is 88.2 Å². The van der Waals surface area contributed by atoms with E-state index in [4.69, 9.17) is 39.1 Å². The Morgan fingerprint density at radius 2 is 2.04 bits per heavy atom. The molecular weight excluding hydrogens is 337 g/mol. The van der Waals surface area contributed by atoms with Crippen LogP contribution in [-0.4, -0.2) is 19.0 Å². The number of carbonyl (C=O) groups excluding carboxylic acids is 1. The third kappa shape index (κ3) is 4.15. The van der Waals surface area contributed by atoms with Crippen LogP contribution in [0.1, 0.15) is 5.56 Å². The van der Waals surface area contributed by atoms with Crippen molar-refractivity contribution in [1.82, 2.24) is 5.32 Å². The predicted molar refractivity (Wildman–Crippen MR) is 92.2 cm³/mol. The van der Waals surface area contributed by atoms with Gasteiger partial charge in [-0.3, -0.25) is 15.5 Å². The molecule has 2 aromatic rings. The van der Waals surface area contributed by atoms with E-state index in [1.165, 1.54) is 0 Å². The van der Waals surface area contributed by atoms with Crippen LogP contribution < -0.4 is 15.8 Å². The van der Waals surface area contributed by atoms with Gasteiger partial charge in [0.2, 0.25) is 5.91 Å². The van der Waals surface area contributed by atoms with E-state index >= 15 is 0 Å². The number of nitrogens with two attached hydrogens (primary N) is 1. The van der Waals surface area contributed by atoms with Crippen LogP contribution in [0.2, 0.25) is 10.0 Å². The Labute approximate surface area is 143 Å². The summed E-state index contributed by atoms with van der Waals surface area (Å²) in [6.45, 7) is 0. The molecule has 4 N–H and O–H groups in total. The van der Waals surface area contributed by atoms with Crippen molar-refractivity contribution >= 4 is 35.1 Å². The molecule has 0 aliphatic rings. The molecule has 5 nitrogen and oxygen atoms in total. The van der Waals surface area contributed by atoms with Gasteiger partial charge in [-0.25, -0.2) is 0 Å². The molecule has 0 aliphatic heterocycles. The summed E-state index contributed by atoms with van der Waals surface area (Å²) in [4.78, 5) is 11.8. The molecule has 7 heteroatoms. The first-order chi connectivity index (χ1) is 10.9. The first kappa shape index (κ1) is 17.1. The third-order valence-corrected chi connectivity index (χ3v) is 3.96. The van der Waals surface area contributed by atoms with Gasteiger partial charge in [0, 0.05) is 10.6 Å². The number of rotatable bonds is 4.